The number of esters is 1. The van der Waals surface area contributed by atoms with Gasteiger partial charge in [-0.15, -0.1) is 0 Å². The Labute approximate surface area is 135 Å². The van der Waals surface area contributed by atoms with E-state index in [1.165, 1.54) is 49.7 Å². The van der Waals surface area contributed by atoms with Gasteiger partial charge in [0.15, 0.2) is 0 Å². The lowest BCUT2D eigenvalue weighted by Gasteiger charge is -2.09. The first kappa shape index (κ1) is 16.9. The summed E-state index contributed by atoms with van der Waals surface area (Å²) in [4.78, 5) is 27.3. The van der Waals surface area contributed by atoms with Gasteiger partial charge in [-0.25, -0.2) is 9.78 Å². The van der Waals surface area contributed by atoms with Crippen molar-refractivity contribution in [3.8, 4) is 0 Å². The fraction of sp³-hybridized carbons (Fsp3) is 0.133. The molecule has 1 N–H and O–H groups in total. The van der Waals surface area contributed by atoms with Crippen LogP contribution in [0.15, 0.2) is 47.6 Å². The van der Waals surface area contributed by atoms with E-state index in [0.717, 1.165) is 0 Å². The van der Waals surface area contributed by atoms with Crippen molar-refractivity contribution in [1.29, 1.82) is 0 Å². The number of thioether (sulfide) groups is 1. The number of nitrogens with zero attached hydrogens (tertiary/aromatic N) is 1. The molecule has 0 saturated heterocycles. The maximum atomic E-state index is 12.5. The Kier molecular flexibility index (Phi) is 5.64. The quantitative estimate of drug-likeness (QED) is 0.668. The predicted octanol–water partition coefficient (Wildman–Crippen LogP) is 3.44. The molecule has 8 heteroatoms. The molecule has 0 aliphatic carbocycles. The molecule has 1 heterocycles. The number of halogens is 2. The maximum Gasteiger partial charge on any atom is 0.337 e. The van der Waals surface area contributed by atoms with E-state index >= 15 is 0 Å². The average Bonchev–Trinajstić information content (AvgIpc) is 2.54. The van der Waals surface area contributed by atoms with Gasteiger partial charge in [0.1, 0.15) is 5.03 Å². The smallest absolute Gasteiger partial charge is 0.337 e. The largest absolute Gasteiger partial charge is 0.465 e. The van der Waals surface area contributed by atoms with Crippen LogP contribution < -0.4 is 5.32 Å². The lowest BCUT2D eigenvalue weighted by atomic mass is 10.2. The molecule has 0 aliphatic rings. The first-order valence-corrected chi connectivity index (χ1v) is 7.29. The molecule has 0 fully saturated rings. The van der Waals surface area contributed by atoms with Crippen molar-refractivity contribution in [1.82, 2.24) is 4.98 Å². The number of aromatic nitrogens is 1. The molecule has 5 nitrogen and oxygen atoms in total. The number of hydrogen-bond donors (Lipinski definition) is 1. The molecule has 2 rings (SSSR count). The molecule has 0 bridgehead atoms. The number of rotatable bonds is 5. The molecule has 0 saturated carbocycles. The molecule has 23 heavy (non-hydrogen) atoms. The average molecular weight is 338 g/mol. The van der Waals surface area contributed by atoms with Crippen molar-refractivity contribution in [3.05, 3.63) is 53.7 Å². The Bertz CT molecular complexity index is 708. The molecule has 1 aromatic carbocycles. The molecule has 0 atom stereocenters. The summed E-state index contributed by atoms with van der Waals surface area (Å²) in [6.07, 6.45) is 1.34. The highest BCUT2D eigenvalue weighted by atomic mass is 32.2. The molecule has 2 aromatic rings. The van der Waals surface area contributed by atoms with Crippen LogP contribution in [0.1, 0.15) is 20.7 Å². The Morgan fingerprint density at radius 1 is 1.22 bits per heavy atom. The number of hydrogen-bond acceptors (Lipinski definition) is 5. The van der Waals surface area contributed by atoms with E-state index < -0.39 is 17.6 Å². The third-order valence-corrected chi connectivity index (χ3v) is 3.51. The van der Waals surface area contributed by atoms with Gasteiger partial charge in [0.05, 0.1) is 18.2 Å². The highest BCUT2D eigenvalue weighted by Crippen LogP contribution is 2.26. The van der Waals surface area contributed by atoms with Crippen molar-refractivity contribution < 1.29 is 23.1 Å². The summed E-state index contributed by atoms with van der Waals surface area (Å²) in [6, 6.07) is 8.90. The maximum absolute atomic E-state index is 12.5. The summed E-state index contributed by atoms with van der Waals surface area (Å²) >= 11 is 0.207. The molecule has 1 aromatic heterocycles. The number of anilines is 1. The van der Waals surface area contributed by atoms with Crippen LogP contribution in [-0.2, 0) is 4.74 Å². The number of alkyl halides is 2. The van der Waals surface area contributed by atoms with E-state index in [1.807, 2.05) is 0 Å². The highest BCUT2D eigenvalue weighted by molar-refractivity contribution is 7.99. The number of benzene rings is 1. The van der Waals surface area contributed by atoms with Crippen molar-refractivity contribution >= 4 is 29.3 Å². The van der Waals surface area contributed by atoms with E-state index in [9.17, 15) is 18.4 Å². The van der Waals surface area contributed by atoms with Crippen LogP contribution in [0.25, 0.3) is 0 Å². The number of carbonyl (C=O) groups excluding carboxylic acids is 2. The van der Waals surface area contributed by atoms with Crippen LogP contribution in [0.4, 0.5) is 14.5 Å². The number of methoxy groups -OCH3 is 1. The van der Waals surface area contributed by atoms with Crippen LogP contribution in [0.2, 0.25) is 0 Å². The highest BCUT2D eigenvalue weighted by Gasteiger charge is 2.17. The summed E-state index contributed by atoms with van der Waals surface area (Å²) in [5.41, 5.74) is 0.801. The van der Waals surface area contributed by atoms with E-state index in [2.05, 4.69) is 15.0 Å². The van der Waals surface area contributed by atoms with Crippen molar-refractivity contribution in [2.45, 2.75) is 10.8 Å². The summed E-state index contributed by atoms with van der Waals surface area (Å²) in [5, 5.41) is 2.52. The molecule has 0 unspecified atom stereocenters. The number of ether oxygens (including phenoxy) is 1. The summed E-state index contributed by atoms with van der Waals surface area (Å²) < 4.78 is 29.6. The Balaban J connectivity index is 2.15. The SMILES string of the molecule is COC(=O)c1ccc(NC(=O)c2cccnc2SC(F)F)cc1. The molecule has 0 radical (unpaired) electrons. The number of amides is 1. The molecular formula is C15H12F2N2O3S. The van der Waals surface area contributed by atoms with E-state index in [0.29, 0.717) is 11.3 Å². The van der Waals surface area contributed by atoms with E-state index in [1.54, 1.807) is 0 Å². The Morgan fingerprint density at radius 3 is 2.52 bits per heavy atom. The second kappa shape index (κ2) is 7.68. The molecule has 0 aliphatic heterocycles. The van der Waals surface area contributed by atoms with Crippen LogP contribution in [-0.4, -0.2) is 29.7 Å². The summed E-state index contributed by atoms with van der Waals surface area (Å²) in [5.74, 6) is -3.73. The van der Waals surface area contributed by atoms with Crippen LogP contribution in [0.5, 0.6) is 0 Å². The van der Waals surface area contributed by atoms with Gasteiger partial charge in [0, 0.05) is 11.9 Å². The van der Waals surface area contributed by atoms with Crippen molar-refractivity contribution in [2.24, 2.45) is 0 Å². The number of nitrogens with one attached hydrogen (secondary N) is 1. The van der Waals surface area contributed by atoms with Gasteiger partial charge in [-0.2, -0.15) is 8.78 Å². The summed E-state index contributed by atoms with van der Waals surface area (Å²) in [7, 11) is 1.27. The monoisotopic (exact) mass is 338 g/mol. The van der Waals surface area contributed by atoms with Crippen LogP contribution in [0, 0.1) is 0 Å². The first-order valence-electron chi connectivity index (χ1n) is 6.41. The van der Waals surface area contributed by atoms with Gasteiger partial charge in [-0.3, -0.25) is 4.79 Å². The lowest BCUT2D eigenvalue weighted by Crippen LogP contribution is -2.14. The second-order valence-corrected chi connectivity index (χ2v) is 5.24. The minimum Gasteiger partial charge on any atom is -0.465 e. The van der Waals surface area contributed by atoms with Gasteiger partial charge in [-0.05, 0) is 48.2 Å². The zero-order valence-electron chi connectivity index (χ0n) is 12.0. The fourth-order valence-electron chi connectivity index (χ4n) is 1.75. The standard InChI is InChI=1S/C15H12F2N2O3S/c1-22-14(21)9-4-6-10(7-5-9)19-12(20)11-3-2-8-18-13(11)23-15(16)17/h2-8,15H,1H3,(H,19,20). The lowest BCUT2D eigenvalue weighted by molar-refractivity contribution is 0.0600. The molecular weight excluding hydrogens is 326 g/mol. The molecule has 1 amide bonds. The van der Waals surface area contributed by atoms with E-state index in [4.69, 9.17) is 0 Å². The minimum atomic E-state index is -2.67. The van der Waals surface area contributed by atoms with Gasteiger partial charge < -0.3 is 10.1 Å². The fourth-order valence-corrected chi connectivity index (χ4v) is 2.33. The van der Waals surface area contributed by atoms with Gasteiger partial charge >= 0.3 is 5.97 Å². The number of pyridine rings is 1. The van der Waals surface area contributed by atoms with Crippen molar-refractivity contribution in [2.75, 3.05) is 12.4 Å². The minimum absolute atomic E-state index is 0.0498. The molecule has 0 spiro atoms. The third-order valence-electron chi connectivity index (χ3n) is 2.78. The van der Waals surface area contributed by atoms with E-state index in [-0.39, 0.29) is 22.4 Å². The topological polar surface area (TPSA) is 68.3 Å². The van der Waals surface area contributed by atoms with Gasteiger partial charge in [0.25, 0.3) is 11.7 Å². The predicted molar refractivity (Wildman–Crippen MR) is 81.8 cm³/mol. The van der Waals surface area contributed by atoms with Crippen LogP contribution >= 0.6 is 11.8 Å². The zero-order valence-corrected chi connectivity index (χ0v) is 12.8. The van der Waals surface area contributed by atoms with Gasteiger partial charge in [-0.1, -0.05) is 0 Å². The third kappa shape index (κ3) is 4.49. The zero-order chi connectivity index (χ0) is 16.8. The summed E-state index contributed by atoms with van der Waals surface area (Å²) in [6.45, 7) is 0. The molecule has 120 valence electrons. The van der Waals surface area contributed by atoms with Crippen molar-refractivity contribution in [3.63, 3.8) is 0 Å². The number of carbonyl (C=O) groups is 2. The Hall–Kier alpha value is -2.48. The second-order valence-electron chi connectivity index (χ2n) is 4.26. The normalized spacial score (nSPS) is 10.4. The Morgan fingerprint density at radius 2 is 1.91 bits per heavy atom. The van der Waals surface area contributed by atoms with Crippen LogP contribution in [0.3, 0.4) is 0 Å². The first-order chi connectivity index (χ1) is 11.0. The van der Waals surface area contributed by atoms with Gasteiger partial charge in [0.2, 0.25) is 0 Å².